The highest BCUT2D eigenvalue weighted by atomic mass is 16.7. The van der Waals surface area contributed by atoms with E-state index in [4.69, 9.17) is 9.47 Å². The molecule has 2 N–H and O–H groups in total. The molecule has 152 valence electrons. The van der Waals surface area contributed by atoms with Gasteiger partial charge in [0, 0.05) is 38.0 Å². The van der Waals surface area contributed by atoms with Crippen molar-refractivity contribution in [2.24, 2.45) is 0 Å². The lowest BCUT2D eigenvalue weighted by atomic mass is 10.2. The molecular formula is C20H22N4O5. The van der Waals surface area contributed by atoms with Gasteiger partial charge in [-0.2, -0.15) is 5.10 Å². The number of rotatable bonds is 5. The first-order chi connectivity index (χ1) is 13.6. The first-order valence-corrected chi connectivity index (χ1v) is 9.05. The molecule has 2 heterocycles. The number of cyclic esters (lactones) is 2. The van der Waals surface area contributed by atoms with E-state index in [1.807, 2.05) is 13.8 Å². The number of hydrogen-bond donors (Lipinski definition) is 2. The maximum Gasteiger partial charge on any atom is 0.350 e. The van der Waals surface area contributed by atoms with E-state index in [9.17, 15) is 14.4 Å². The Morgan fingerprint density at radius 2 is 1.72 bits per heavy atom. The zero-order valence-electron chi connectivity index (χ0n) is 16.6. The third kappa shape index (κ3) is 4.81. The summed E-state index contributed by atoms with van der Waals surface area (Å²) in [6.07, 6.45) is 2.94. The molecule has 1 saturated heterocycles. The fourth-order valence-corrected chi connectivity index (χ4v) is 2.57. The van der Waals surface area contributed by atoms with E-state index in [1.54, 1.807) is 41.2 Å². The highest BCUT2D eigenvalue weighted by molar-refractivity contribution is 6.15. The van der Waals surface area contributed by atoms with E-state index in [1.165, 1.54) is 20.0 Å². The van der Waals surface area contributed by atoms with Crippen LogP contribution in [0.3, 0.4) is 0 Å². The molecule has 0 unspecified atom stereocenters. The van der Waals surface area contributed by atoms with Gasteiger partial charge in [0.25, 0.3) is 11.7 Å². The Morgan fingerprint density at radius 3 is 2.31 bits per heavy atom. The molecule has 3 rings (SSSR count). The van der Waals surface area contributed by atoms with Gasteiger partial charge in [0.15, 0.2) is 11.3 Å². The number of carbonyl (C=O) groups excluding carboxylic acids is 3. The van der Waals surface area contributed by atoms with Gasteiger partial charge in [-0.05, 0) is 44.2 Å². The highest BCUT2D eigenvalue weighted by Gasteiger charge is 2.38. The normalized spacial score (nSPS) is 15.6. The van der Waals surface area contributed by atoms with Crippen LogP contribution in [-0.2, 0) is 19.1 Å². The summed E-state index contributed by atoms with van der Waals surface area (Å²) in [4.78, 5) is 35.9. The predicted octanol–water partition coefficient (Wildman–Crippen LogP) is 2.14. The number of hydrogen-bond acceptors (Lipinski definition) is 7. The molecule has 9 nitrogen and oxygen atoms in total. The zero-order chi connectivity index (χ0) is 21.2. The average Bonchev–Trinajstić information content (AvgIpc) is 3.10. The minimum atomic E-state index is -1.28. The van der Waals surface area contributed by atoms with Crippen molar-refractivity contribution in [2.45, 2.75) is 39.5 Å². The van der Waals surface area contributed by atoms with Crippen molar-refractivity contribution < 1.29 is 23.9 Å². The molecule has 29 heavy (non-hydrogen) atoms. The van der Waals surface area contributed by atoms with Crippen molar-refractivity contribution in [2.75, 3.05) is 5.32 Å². The first-order valence-electron chi connectivity index (χ1n) is 9.05. The Kier molecular flexibility index (Phi) is 5.40. The number of nitrogens with zero attached hydrogens (tertiary/aromatic N) is 2. The monoisotopic (exact) mass is 398 g/mol. The summed E-state index contributed by atoms with van der Waals surface area (Å²) in [6, 6.07) is 8.70. The number of aromatic nitrogens is 2. The van der Waals surface area contributed by atoms with Crippen molar-refractivity contribution in [1.82, 2.24) is 15.1 Å². The molecule has 1 aliphatic rings. The number of esters is 2. The van der Waals surface area contributed by atoms with Crippen LogP contribution in [0.2, 0.25) is 0 Å². The van der Waals surface area contributed by atoms with Gasteiger partial charge in [-0.1, -0.05) is 0 Å². The SMILES string of the molecule is CC(C)NC(=O)c1ccn(-c2ccc(NC=C3C(=O)OC(C)(C)OC3=O)cc2)n1. The summed E-state index contributed by atoms with van der Waals surface area (Å²) in [5, 5.41) is 9.92. The van der Waals surface area contributed by atoms with Crippen LogP contribution in [0.5, 0.6) is 0 Å². The van der Waals surface area contributed by atoms with Crippen LogP contribution < -0.4 is 10.6 Å². The van der Waals surface area contributed by atoms with Crippen molar-refractivity contribution in [3.8, 4) is 5.69 Å². The lowest BCUT2D eigenvalue weighted by Crippen LogP contribution is -2.42. The molecule has 0 spiro atoms. The number of anilines is 1. The molecule has 0 atom stereocenters. The Bertz CT molecular complexity index is 951. The summed E-state index contributed by atoms with van der Waals surface area (Å²) in [5.41, 5.74) is 1.48. The molecule has 1 fully saturated rings. The standard InChI is InChI=1S/C20H22N4O5/c1-12(2)22-17(25)16-9-10-24(23-16)14-7-5-13(6-8-14)21-11-15-18(26)28-20(3,4)29-19(15)27/h5-12,21H,1-4H3,(H,22,25). The number of nitrogens with one attached hydrogen (secondary N) is 2. The fraction of sp³-hybridized carbons (Fsp3) is 0.300. The lowest BCUT2D eigenvalue weighted by molar-refractivity contribution is -0.222. The number of amides is 1. The van der Waals surface area contributed by atoms with E-state index >= 15 is 0 Å². The van der Waals surface area contributed by atoms with Gasteiger partial charge in [-0.15, -0.1) is 0 Å². The summed E-state index contributed by atoms with van der Waals surface area (Å²) >= 11 is 0. The van der Waals surface area contributed by atoms with Crippen molar-refractivity contribution >= 4 is 23.5 Å². The quantitative estimate of drug-likeness (QED) is 0.451. The average molecular weight is 398 g/mol. The van der Waals surface area contributed by atoms with Gasteiger partial charge in [-0.25, -0.2) is 14.3 Å². The highest BCUT2D eigenvalue weighted by Crippen LogP contribution is 2.23. The molecule has 1 aromatic heterocycles. The summed E-state index contributed by atoms with van der Waals surface area (Å²) in [5.74, 6) is -3.02. The molecule has 0 bridgehead atoms. The second-order valence-corrected chi connectivity index (χ2v) is 7.20. The van der Waals surface area contributed by atoms with Crippen LogP contribution in [0, 0.1) is 0 Å². The predicted molar refractivity (Wildman–Crippen MR) is 104 cm³/mol. The third-order valence-corrected chi connectivity index (χ3v) is 3.87. The Balaban J connectivity index is 1.68. The van der Waals surface area contributed by atoms with Gasteiger partial charge in [0.2, 0.25) is 0 Å². The number of carbonyl (C=O) groups is 3. The lowest BCUT2D eigenvalue weighted by Gasteiger charge is -2.29. The summed E-state index contributed by atoms with van der Waals surface area (Å²) in [6.45, 7) is 6.73. The van der Waals surface area contributed by atoms with Gasteiger partial charge in [0.1, 0.15) is 0 Å². The number of ether oxygens (including phenoxy) is 2. The first kappa shape index (κ1) is 20.1. The van der Waals surface area contributed by atoms with Crippen molar-refractivity contribution in [3.05, 3.63) is 54.0 Å². The topological polar surface area (TPSA) is 112 Å². The van der Waals surface area contributed by atoms with Crippen LogP contribution in [0.25, 0.3) is 5.69 Å². The molecule has 9 heteroatoms. The van der Waals surface area contributed by atoms with E-state index in [-0.39, 0.29) is 17.5 Å². The van der Waals surface area contributed by atoms with E-state index in [0.717, 1.165) is 5.69 Å². The molecule has 0 aliphatic carbocycles. The molecular weight excluding hydrogens is 376 g/mol. The zero-order valence-corrected chi connectivity index (χ0v) is 16.6. The van der Waals surface area contributed by atoms with Crippen molar-refractivity contribution in [3.63, 3.8) is 0 Å². The molecule has 0 radical (unpaired) electrons. The minimum Gasteiger partial charge on any atom is -0.419 e. The molecule has 1 aliphatic heterocycles. The van der Waals surface area contributed by atoms with Gasteiger partial charge in [0.05, 0.1) is 5.69 Å². The maximum atomic E-state index is 12.0. The van der Waals surface area contributed by atoms with Crippen LogP contribution in [-0.4, -0.2) is 39.5 Å². The van der Waals surface area contributed by atoms with Crippen molar-refractivity contribution in [1.29, 1.82) is 0 Å². The van der Waals surface area contributed by atoms with E-state index < -0.39 is 17.7 Å². The summed E-state index contributed by atoms with van der Waals surface area (Å²) < 4.78 is 11.6. The smallest absolute Gasteiger partial charge is 0.350 e. The van der Waals surface area contributed by atoms with Crippen LogP contribution >= 0.6 is 0 Å². The van der Waals surface area contributed by atoms with Gasteiger partial charge < -0.3 is 20.1 Å². The summed E-state index contributed by atoms with van der Waals surface area (Å²) in [7, 11) is 0. The third-order valence-electron chi connectivity index (χ3n) is 3.87. The van der Waals surface area contributed by atoms with Gasteiger partial charge in [-0.3, -0.25) is 4.79 Å². The fourth-order valence-electron chi connectivity index (χ4n) is 2.57. The number of benzene rings is 1. The molecule has 1 aromatic carbocycles. The van der Waals surface area contributed by atoms with Crippen LogP contribution in [0.1, 0.15) is 38.2 Å². The second kappa shape index (κ2) is 7.78. The molecule has 1 amide bonds. The second-order valence-electron chi connectivity index (χ2n) is 7.20. The van der Waals surface area contributed by atoms with Crippen LogP contribution in [0.15, 0.2) is 48.3 Å². The molecule has 2 aromatic rings. The Hall–Kier alpha value is -3.62. The van der Waals surface area contributed by atoms with Gasteiger partial charge >= 0.3 is 11.9 Å². The maximum absolute atomic E-state index is 12.0. The van der Waals surface area contributed by atoms with E-state index in [2.05, 4.69) is 15.7 Å². The van der Waals surface area contributed by atoms with E-state index in [0.29, 0.717) is 11.4 Å². The minimum absolute atomic E-state index is 0.0249. The Labute approximate surface area is 167 Å². The molecule has 0 saturated carbocycles. The Morgan fingerprint density at radius 1 is 1.10 bits per heavy atom. The largest absolute Gasteiger partial charge is 0.419 e. The van der Waals surface area contributed by atoms with Crippen LogP contribution in [0.4, 0.5) is 5.69 Å².